The summed E-state index contributed by atoms with van der Waals surface area (Å²) in [5.41, 5.74) is 5.62. The van der Waals surface area contributed by atoms with E-state index in [0.717, 1.165) is 0 Å². The Morgan fingerprint density at radius 2 is 2.21 bits per heavy atom. The molecule has 0 saturated carbocycles. The van der Waals surface area contributed by atoms with Gasteiger partial charge in [-0.1, -0.05) is 6.07 Å². The van der Waals surface area contributed by atoms with Crippen LogP contribution in [0.15, 0.2) is 18.2 Å². The van der Waals surface area contributed by atoms with Crippen molar-refractivity contribution >= 4 is 0 Å². The van der Waals surface area contributed by atoms with E-state index in [1.165, 1.54) is 19.2 Å². The maximum atomic E-state index is 13.4. The standard InChI is InChI=1S/C10H13F2NO/c1-14-8-2-3-9(10(12)4-8)7(5-11)6-13/h2-4,7H,5-6,13H2,1H3. The van der Waals surface area contributed by atoms with Gasteiger partial charge in [0.25, 0.3) is 0 Å². The highest BCUT2D eigenvalue weighted by Crippen LogP contribution is 2.23. The van der Waals surface area contributed by atoms with Crippen molar-refractivity contribution in [3.05, 3.63) is 29.6 Å². The van der Waals surface area contributed by atoms with Crippen molar-refractivity contribution in [2.75, 3.05) is 20.3 Å². The van der Waals surface area contributed by atoms with Crippen LogP contribution in [0, 0.1) is 5.82 Å². The number of ether oxygens (including phenoxy) is 1. The molecule has 4 heteroatoms. The van der Waals surface area contributed by atoms with E-state index < -0.39 is 18.4 Å². The van der Waals surface area contributed by atoms with Crippen LogP contribution in [0.1, 0.15) is 11.5 Å². The van der Waals surface area contributed by atoms with Crippen molar-refractivity contribution in [2.45, 2.75) is 5.92 Å². The third-order valence-corrected chi connectivity index (χ3v) is 2.12. The van der Waals surface area contributed by atoms with E-state index in [-0.39, 0.29) is 6.54 Å². The molecule has 2 N–H and O–H groups in total. The fourth-order valence-electron chi connectivity index (χ4n) is 1.24. The number of hydrogen-bond donors (Lipinski definition) is 1. The average Bonchev–Trinajstić information content (AvgIpc) is 2.22. The summed E-state index contributed by atoms with van der Waals surface area (Å²) in [6.45, 7) is -0.556. The first kappa shape index (κ1) is 10.9. The molecule has 0 saturated heterocycles. The molecule has 1 aromatic rings. The largest absolute Gasteiger partial charge is 0.497 e. The number of alkyl halides is 1. The molecule has 1 rings (SSSR count). The van der Waals surface area contributed by atoms with Crippen molar-refractivity contribution in [1.29, 1.82) is 0 Å². The van der Waals surface area contributed by atoms with E-state index in [4.69, 9.17) is 10.5 Å². The quantitative estimate of drug-likeness (QED) is 0.806. The Morgan fingerprint density at radius 3 is 2.64 bits per heavy atom. The fourth-order valence-corrected chi connectivity index (χ4v) is 1.24. The maximum absolute atomic E-state index is 13.4. The second kappa shape index (κ2) is 4.91. The predicted octanol–water partition coefficient (Wildman–Crippen LogP) is 1.85. The minimum absolute atomic E-state index is 0.0970. The third-order valence-electron chi connectivity index (χ3n) is 2.12. The van der Waals surface area contributed by atoms with Crippen LogP contribution in [0.5, 0.6) is 5.75 Å². The second-order valence-corrected chi connectivity index (χ2v) is 2.97. The molecule has 0 aliphatic heterocycles. The molecule has 0 aliphatic carbocycles. The molecule has 0 heterocycles. The highest BCUT2D eigenvalue weighted by atomic mass is 19.1. The van der Waals surface area contributed by atoms with Crippen LogP contribution < -0.4 is 10.5 Å². The van der Waals surface area contributed by atoms with Crippen molar-refractivity contribution in [2.24, 2.45) is 5.73 Å². The number of nitrogens with two attached hydrogens (primary N) is 1. The molecule has 0 bridgehead atoms. The van der Waals surface area contributed by atoms with E-state index in [0.29, 0.717) is 11.3 Å². The topological polar surface area (TPSA) is 35.2 Å². The minimum atomic E-state index is -0.653. The lowest BCUT2D eigenvalue weighted by atomic mass is 10.00. The van der Waals surface area contributed by atoms with Crippen LogP contribution in [0.4, 0.5) is 8.78 Å². The SMILES string of the molecule is COc1ccc(C(CN)CF)c(F)c1. The maximum Gasteiger partial charge on any atom is 0.130 e. The lowest BCUT2D eigenvalue weighted by molar-refractivity contribution is 0.404. The molecule has 0 fully saturated rings. The summed E-state index contributed by atoms with van der Waals surface area (Å²) in [7, 11) is 1.45. The van der Waals surface area contributed by atoms with Crippen molar-refractivity contribution in [3.8, 4) is 5.75 Å². The molecular weight excluding hydrogens is 188 g/mol. The molecule has 1 aromatic carbocycles. The van der Waals surface area contributed by atoms with Crippen molar-refractivity contribution in [1.82, 2.24) is 0 Å². The molecule has 0 spiro atoms. The van der Waals surface area contributed by atoms with E-state index in [9.17, 15) is 8.78 Å². The fraction of sp³-hybridized carbons (Fsp3) is 0.400. The molecule has 0 radical (unpaired) electrons. The summed E-state index contributed by atoms with van der Waals surface area (Å²) in [4.78, 5) is 0. The number of rotatable bonds is 4. The molecule has 14 heavy (non-hydrogen) atoms. The van der Waals surface area contributed by atoms with Crippen molar-refractivity contribution in [3.63, 3.8) is 0 Å². The van der Waals surface area contributed by atoms with Gasteiger partial charge in [-0.3, -0.25) is 4.39 Å². The van der Waals surface area contributed by atoms with Gasteiger partial charge in [0.2, 0.25) is 0 Å². The minimum Gasteiger partial charge on any atom is -0.497 e. The molecular formula is C10H13F2NO. The smallest absolute Gasteiger partial charge is 0.130 e. The van der Waals surface area contributed by atoms with Gasteiger partial charge in [-0.2, -0.15) is 0 Å². The Balaban J connectivity index is 2.98. The molecule has 1 atom stereocenters. The molecule has 0 aliphatic rings. The lowest BCUT2D eigenvalue weighted by Crippen LogP contribution is -2.15. The first-order valence-corrected chi connectivity index (χ1v) is 4.32. The lowest BCUT2D eigenvalue weighted by Gasteiger charge is -2.12. The van der Waals surface area contributed by atoms with Crippen LogP contribution in [-0.4, -0.2) is 20.3 Å². The second-order valence-electron chi connectivity index (χ2n) is 2.97. The Bertz CT molecular complexity index is 300. The summed E-state index contributed by atoms with van der Waals surface area (Å²) >= 11 is 0. The summed E-state index contributed by atoms with van der Waals surface area (Å²) in [5, 5.41) is 0. The Hall–Kier alpha value is -1.16. The van der Waals surface area contributed by atoms with E-state index in [2.05, 4.69) is 0 Å². The van der Waals surface area contributed by atoms with Crippen LogP contribution in [-0.2, 0) is 0 Å². The predicted molar refractivity (Wildman–Crippen MR) is 50.7 cm³/mol. The molecule has 2 nitrogen and oxygen atoms in total. The number of hydrogen-bond acceptors (Lipinski definition) is 2. The highest BCUT2D eigenvalue weighted by Gasteiger charge is 2.14. The van der Waals surface area contributed by atoms with Gasteiger partial charge in [-0.25, -0.2) is 4.39 Å². The van der Waals surface area contributed by atoms with Crippen LogP contribution in [0.25, 0.3) is 0 Å². The van der Waals surface area contributed by atoms with Gasteiger partial charge in [-0.05, 0) is 11.6 Å². The van der Waals surface area contributed by atoms with E-state index >= 15 is 0 Å². The highest BCUT2D eigenvalue weighted by molar-refractivity contribution is 5.31. The van der Waals surface area contributed by atoms with Gasteiger partial charge in [0, 0.05) is 18.5 Å². The van der Waals surface area contributed by atoms with E-state index in [1.807, 2.05) is 0 Å². The van der Waals surface area contributed by atoms with Crippen molar-refractivity contribution < 1.29 is 13.5 Å². The normalized spacial score (nSPS) is 12.6. The Morgan fingerprint density at radius 1 is 1.50 bits per heavy atom. The third kappa shape index (κ3) is 2.20. The summed E-state index contributed by atoms with van der Waals surface area (Å²) in [6.07, 6.45) is 0. The molecule has 78 valence electrons. The molecule has 0 aromatic heterocycles. The van der Waals surface area contributed by atoms with Gasteiger partial charge >= 0.3 is 0 Å². The number of methoxy groups -OCH3 is 1. The number of halogens is 2. The summed E-state index contributed by atoms with van der Waals surface area (Å²) in [5.74, 6) is -0.626. The Labute approximate surface area is 81.7 Å². The molecule has 0 amide bonds. The zero-order chi connectivity index (χ0) is 10.6. The van der Waals surface area contributed by atoms with Gasteiger partial charge in [0.1, 0.15) is 11.6 Å². The molecule has 1 unspecified atom stereocenters. The zero-order valence-electron chi connectivity index (χ0n) is 7.97. The Kier molecular flexibility index (Phi) is 3.83. The monoisotopic (exact) mass is 201 g/mol. The van der Waals surface area contributed by atoms with Crippen LogP contribution in [0.3, 0.4) is 0 Å². The number of benzene rings is 1. The van der Waals surface area contributed by atoms with Gasteiger partial charge < -0.3 is 10.5 Å². The average molecular weight is 201 g/mol. The van der Waals surface area contributed by atoms with Gasteiger partial charge in [-0.15, -0.1) is 0 Å². The summed E-state index contributed by atoms with van der Waals surface area (Å²) < 4.78 is 30.6. The zero-order valence-corrected chi connectivity index (χ0v) is 7.97. The van der Waals surface area contributed by atoms with Gasteiger partial charge in [0.15, 0.2) is 0 Å². The first-order valence-electron chi connectivity index (χ1n) is 4.32. The first-order chi connectivity index (χ1) is 6.72. The van der Waals surface area contributed by atoms with Crippen LogP contribution in [0.2, 0.25) is 0 Å². The summed E-state index contributed by atoms with van der Waals surface area (Å²) in [6, 6.07) is 4.33. The van der Waals surface area contributed by atoms with Crippen LogP contribution >= 0.6 is 0 Å². The van der Waals surface area contributed by atoms with Gasteiger partial charge in [0.05, 0.1) is 13.8 Å². The van der Waals surface area contributed by atoms with E-state index in [1.54, 1.807) is 6.07 Å².